The van der Waals surface area contributed by atoms with E-state index in [-0.39, 0.29) is 17.9 Å². The van der Waals surface area contributed by atoms with Gasteiger partial charge in [-0.3, -0.25) is 10.2 Å². The average Bonchev–Trinajstić information content (AvgIpc) is 2.74. The van der Waals surface area contributed by atoms with Crippen LogP contribution in [-0.2, 0) is 21.4 Å². The summed E-state index contributed by atoms with van der Waals surface area (Å²) >= 11 is 0. The fourth-order valence-corrected chi connectivity index (χ4v) is 4.83. The Kier molecular flexibility index (Phi) is 6.56. The molecule has 0 spiro atoms. The summed E-state index contributed by atoms with van der Waals surface area (Å²) in [5.41, 5.74) is 0.579. The second-order valence-corrected chi connectivity index (χ2v) is 8.95. The molecular weight excluding hydrogens is 414 g/mol. The maximum absolute atomic E-state index is 13.1. The van der Waals surface area contributed by atoms with Gasteiger partial charge in [0.2, 0.25) is 10.0 Å². The molecule has 3 rings (SSSR count). The highest BCUT2D eigenvalue weighted by Crippen LogP contribution is 2.33. The Hall–Kier alpha value is -2.73. The SMILES string of the molecule is C[C@]1(O)CCCN(S(=O)(=O)c2ccc(OCc3ccncc3)cc2)[C@@H]1OC(=O)NO. The van der Waals surface area contributed by atoms with E-state index in [9.17, 15) is 18.3 Å². The first-order chi connectivity index (χ1) is 14.2. The van der Waals surface area contributed by atoms with Crippen molar-refractivity contribution in [3.05, 3.63) is 54.4 Å². The van der Waals surface area contributed by atoms with E-state index in [1.807, 2.05) is 12.1 Å². The molecule has 2 aromatic rings. The van der Waals surface area contributed by atoms with E-state index in [1.165, 1.54) is 36.7 Å². The molecule has 1 aliphatic rings. The zero-order valence-corrected chi connectivity index (χ0v) is 17.1. The number of rotatable bonds is 6. The van der Waals surface area contributed by atoms with Crippen molar-refractivity contribution in [1.29, 1.82) is 0 Å². The van der Waals surface area contributed by atoms with Gasteiger partial charge in [-0.2, -0.15) is 4.31 Å². The number of carbonyl (C=O) groups excluding carboxylic acids is 1. The first-order valence-electron chi connectivity index (χ1n) is 9.21. The van der Waals surface area contributed by atoms with Gasteiger partial charge < -0.3 is 14.6 Å². The van der Waals surface area contributed by atoms with Crippen LogP contribution >= 0.6 is 0 Å². The average molecular weight is 437 g/mol. The molecule has 30 heavy (non-hydrogen) atoms. The predicted octanol–water partition coefficient (Wildman–Crippen LogP) is 1.64. The third-order valence-electron chi connectivity index (χ3n) is 4.75. The lowest BCUT2D eigenvalue weighted by atomic mass is 9.94. The number of ether oxygens (including phenoxy) is 2. The monoisotopic (exact) mass is 437 g/mol. The van der Waals surface area contributed by atoms with Gasteiger partial charge in [0.05, 0.1) is 4.90 Å². The van der Waals surface area contributed by atoms with Gasteiger partial charge >= 0.3 is 6.09 Å². The minimum absolute atomic E-state index is 0.0438. The summed E-state index contributed by atoms with van der Waals surface area (Å²) in [6, 6.07) is 9.42. The normalized spacial score (nSPS) is 22.3. The molecule has 1 amide bonds. The first-order valence-corrected chi connectivity index (χ1v) is 10.6. The Bertz CT molecular complexity index is 965. The van der Waals surface area contributed by atoms with E-state index >= 15 is 0 Å². The molecule has 1 aliphatic heterocycles. The molecule has 11 heteroatoms. The Morgan fingerprint density at radius 1 is 1.27 bits per heavy atom. The molecule has 0 radical (unpaired) electrons. The molecule has 1 aromatic heterocycles. The van der Waals surface area contributed by atoms with Gasteiger partial charge in [-0.25, -0.2) is 18.7 Å². The smallest absolute Gasteiger partial charge is 0.432 e. The molecule has 1 fully saturated rings. The molecule has 0 saturated carbocycles. The van der Waals surface area contributed by atoms with E-state index in [0.717, 1.165) is 9.87 Å². The van der Waals surface area contributed by atoms with Gasteiger partial charge in [0, 0.05) is 18.9 Å². The summed E-state index contributed by atoms with van der Waals surface area (Å²) in [4.78, 5) is 15.4. The van der Waals surface area contributed by atoms with Gasteiger partial charge in [0.1, 0.15) is 18.0 Å². The third kappa shape index (κ3) is 4.87. The summed E-state index contributed by atoms with van der Waals surface area (Å²) in [5.74, 6) is 0.476. The number of aliphatic hydroxyl groups is 1. The molecule has 2 heterocycles. The number of hydroxylamine groups is 1. The van der Waals surface area contributed by atoms with Gasteiger partial charge in [-0.15, -0.1) is 0 Å². The zero-order chi connectivity index (χ0) is 21.8. The Labute approximate surface area is 174 Å². The predicted molar refractivity (Wildman–Crippen MR) is 104 cm³/mol. The van der Waals surface area contributed by atoms with Crippen molar-refractivity contribution < 1.29 is 33.0 Å². The van der Waals surface area contributed by atoms with Gasteiger partial charge in [-0.05, 0) is 61.7 Å². The number of carbonyl (C=O) groups is 1. The van der Waals surface area contributed by atoms with Gasteiger partial charge in [0.15, 0.2) is 6.23 Å². The van der Waals surface area contributed by atoms with Crippen molar-refractivity contribution in [2.45, 2.75) is 43.1 Å². The highest BCUT2D eigenvalue weighted by atomic mass is 32.2. The number of amides is 1. The van der Waals surface area contributed by atoms with Crippen LogP contribution in [0.5, 0.6) is 5.75 Å². The second-order valence-electron chi connectivity index (χ2n) is 7.06. The molecule has 1 saturated heterocycles. The van der Waals surface area contributed by atoms with Crippen molar-refractivity contribution in [3.63, 3.8) is 0 Å². The number of sulfonamides is 1. The van der Waals surface area contributed by atoms with E-state index in [0.29, 0.717) is 18.8 Å². The largest absolute Gasteiger partial charge is 0.489 e. The van der Waals surface area contributed by atoms with Crippen LogP contribution in [0.1, 0.15) is 25.3 Å². The van der Waals surface area contributed by atoms with Crippen molar-refractivity contribution in [3.8, 4) is 5.75 Å². The highest BCUT2D eigenvalue weighted by Gasteiger charge is 2.47. The molecule has 0 bridgehead atoms. The van der Waals surface area contributed by atoms with Crippen LogP contribution in [0, 0.1) is 0 Å². The van der Waals surface area contributed by atoms with Crippen LogP contribution in [0.2, 0.25) is 0 Å². The number of piperidine rings is 1. The number of aromatic nitrogens is 1. The Morgan fingerprint density at radius 3 is 2.57 bits per heavy atom. The quantitative estimate of drug-likeness (QED) is 0.458. The summed E-state index contributed by atoms with van der Waals surface area (Å²) in [6.45, 7) is 1.72. The molecule has 3 N–H and O–H groups in total. The lowest BCUT2D eigenvalue weighted by molar-refractivity contribution is -0.141. The molecule has 0 unspecified atom stereocenters. The molecule has 10 nitrogen and oxygen atoms in total. The minimum atomic E-state index is -4.10. The van der Waals surface area contributed by atoms with Crippen LogP contribution in [0.4, 0.5) is 4.79 Å². The molecule has 2 atom stereocenters. The summed E-state index contributed by atoms with van der Waals surface area (Å²) in [5, 5.41) is 19.3. The van der Waals surface area contributed by atoms with E-state index in [4.69, 9.17) is 14.7 Å². The molecular formula is C19H23N3O7S. The first kappa shape index (κ1) is 22.0. The van der Waals surface area contributed by atoms with E-state index in [1.54, 1.807) is 12.4 Å². The van der Waals surface area contributed by atoms with Crippen LogP contribution in [0.15, 0.2) is 53.7 Å². The molecule has 0 aliphatic carbocycles. The van der Waals surface area contributed by atoms with Crippen molar-refractivity contribution in [2.75, 3.05) is 6.54 Å². The zero-order valence-electron chi connectivity index (χ0n) is 16.3. The maximum Gasteiger partial charge on any atom is 0.432 e. The van der Waals surface area contributed by atoms with Crippen molar-refractivity contribution in [1.82, 2.24) is 14.8 Å². The fourth-order valence-electron chi connectivity index (χ4n) is 3.19. The summed E-state index contributed by atoms with van der Waals surface area (Å²) < 4.78 is 37.8. The lowest BCUT2D eigenvalue weighted by Gasteiger charge is -2.42. The topological polar surface area (TPSA) is 138 Å². The minimum Gasteiger partial charge on any atom is -0.489 e. The Morgan fingerprint density at radius 2 is 1.93 bits per heavy atom. The van der Waals surface area contributed by atoms with Crippen LogP contribution in [-0.4, -0.2) is 52.5 Å². The van der Waals surface area contributed by atoms with Crippen LogP contribution < -0.4 is 10.2 Å². The summed E-state index contributed by atoms with van der Waals surface area (Å²) in [6.07, 6.45) is 1.15. The van der Waals surface area contributed by atoms with Crippen LogP contribution in [0.3, 0.4) is 0 Å². The number of nitrogens with one attached hydrogen (secondary N) is 1. The number of pyridine rings is 1. The van der Waals surface area contributed by atoms with Crippen molar-refractivity contribution >= 4 is 16.1 Å². The fraction of sp³-hybridized carbons (Fsp3) is 0.368. The highest BCUT2D eigenvalue weighted by molar-refractivity contribution is 7.89. The van der Waals surface area contributed by atoms with Gasteiger partial charge in [-0.1, -0.05) is 0 Å². The lowest BCUT2D eigenvalue weighted by Crippen LogP contribution is -2.59. The number of hydrogen-bond acceptors (Lipinski definition) is 8. The standard InChI is InChI=1S/C19H23N3O7S/c1-19(24)9-2-12-22(17(19)29-18(23)21-25)30(26,27)16-5-3-15(4-6-16)28-13-14-7-10-20-11-8-14/h3-8,10-11,17,24-25H,2,9,12-13H2,1H3,(H,21,23)/t17-,19+/m1/s1. The number of hydrogen-bond donors (Lipinski definition) is 3. The van der Waals surface area contributed by atoms with Gasteiger partial charge in [0.25, 0.3) is 0 Å². The maximum atomic E-state index is 13.1. The Balaban J connectivity index is 1.78. The van der Waals surface area contributed by atoms with Crippen molar-refractivity contribution in [2.24, 2.45) is 0 Å². The number of nitrogens with zero attached hydrogens (tertiary/aromatic N) is 2. The number of benzene rings is 1. The van der Waals surface area contributed by atoms with Crippen LogP contribution in [0.25, 0.3) is 0 Å². The summed E-state index contributed by atoms with van der Waals surface area (Å²) in [7, 11) is -4.10. The third-order valence-corrected chi connectivity index (χ3v) is 6.61. The second kappa shape index (κ2) is 8.96. The van der Waals surface area contributed by atoms with E-state index in [2.05, 4.69) is 4.98 Å². The van der Waals surface area contributed by atoms with E-state index < -0.39 is 27.9 Å². The molecule has 162 valence electrons. The molecule has 1 aromatic carbocycles.